The first-order chi connectivity index (χ1) is 8.66. The molecule has 0 saturated carbocycles. The molecule has 1 N–H and O–H groups in total. The Morgan fingerprint density at radius 3 is 2.67 bits per heavy atom. The molecule has 1 aliphatic rings. The molecule has 0 atom stereocenters. The highest BCUT2D eigenvalue weighted by atomic mass is 16.3. The van der Waals surface area contributed by atoms with E-state index in [-0.39, 0.29) is 11.7 Å². The van der Waals surface area contributed by atoms with E-state index in [2.05, 4.69) is 0 Å². The molecule has 1 aliphatic heterocycles. The van der Waals surface area contributed by atoms with E-state index in [0.717, 1.165) is 16.7 Å². The molecule has 3 rings (SSSR count). The number of hydrogen-bond acceptors (Lipinski definition) is 2. The maximum absolute atomic E-state index is 12.3. The summed E-state index contributed by atoms with van der Waals surface area (Å²) >= 11 is 0. The van der Waals surface area contributed by atoms with Gasteiger partial charge in [0.25, 0.3) is 5.91 Å². The van der Waals surface area contributed by atoms with Crippen molar-refractivity contribution in [2.75, 3.05) is 7.05 Å². The quantitative estimate of drug-likeness (QED) is 0.767. The minimum Gasteiger partial charge on any atom is -0.508 e. The average molecular weight is 239 g/mol. The highest BCUT2D eigenvalue weighted by Gasteiger charge is 2.23. The second-order valence-electron chi connectivity index (χ2n) is 4.55. The maximum atomic E-state index is 12.3. The van der Waals surface area contributed by atoms with Crippen molar-refractivity contribution in [1.29, 1.82) is 0 Å². The number of benzene rings is 2. The SMILES string of the molecule is CN1Cc2ccccc2-c2ccc(O)cc2C1=O. The third-order valence-corrected chi connectivity index (χ3v) is 3.30. The largest absolute Gasteiger partial charge is 0.508 e. The number of carbonyl (C=O) groups excluding carboxylic acids is 1. The summed E-state index contributed by atoms with van der Waals surface area (Å²) in [5, 5.41) is 9.56. The summed E-state index contributed by atoms with van der Waals surface area (Å²) in [7, 11) is 1.78. The zero-order chi connectivity index (χ0) is 12.7. The molecule has 2 aromatic carbocycles. The summed E-state index contributed by atoms with van der Waals surface area (Å²) < 4.78 is 0. The number of amides is 1. The van der Waals surface area contributed by atoms with E-state index in [4.69, 9.17) is 0 Å². The molecule has 18 heavy (non-hydrogen) atoms. The van der Waals surface area contributed by atoms with Gasteiger partial charge in [0.2, 0.25) is 0 Å². The van der Waals surface area contributed by atoms with E-state index in [1.807, 2.05) is 24.3 Å². The third kappa shape index (κ3) is 1.56. The van der Waals surface area contributed by atoms with Gasteiger partial charge in [0.05, 0.1) is 5.56 Å². The third-order valence-electron chi connectivity index (χ3n) is 3.30. The minimum absolute atomic E-state index is 0.0582. The van der Waals surface area contributed by atoms with Crippen LogP contribution in [0.2, 0.25) is 0 Å². The van der Waals surface area contributed by atoms with Gasteiger partial charge in [-0.25, -0.2) is 0 Å². The Kier molecular flexibility index (Phi) is 2.33. The van der Waals surface area contributed by atoms with Crippen molar-refractivity contribution >= 4 is 5.91 Å². The molecule has 0 spiro atoms. The van der Waals surface area contributed by atoms with E-state index in [0.29, 0.717) is 12.1 Å². The van der Waals surface area contributed by atoms with Crippen molar-refractivity contribution in [3.8, 4) is 16.9 Å². The molecule has 3 heteroatoms. The van der Waals surface area contributed by atoms with Crippen LogP contribution in [-0.4, -0.2) is 23.0 Å². The van der Waals surface area contributed by atoms with Crippen LogP contribution >= 0.6 is 0 Å². The molecule has 1 heterocycles. The van der Waals surface area contributed by atoms with Crippen molar-refractivity contribution in [2.24, 2.45) is 0 Å². The average Bonchev–Trinajstić information content (AvgIpc) is 2.47. The lowest BCUT2D eigenvalue weighted by Gasteiger charge is -2.14. The number of rotatable bonds is 0. The Morgan fingerprint density at radius 2 is 1.83 bits per heavy atom. The van der Waals surface area contributed by atoms with Crippen LogP contribution in [0.3, 0.4) is 0 Å². The number of hydrogen-bond donors (Lipinski definition) is 1. The number of fused-ring (bicyclic) bond motifs is 3. The topological polar surface area (TPSA) is 40.5 Å². The molecule has 0 aliphatic carbocycles. The second-order valence-corrected chi connectivity index (χ2v) is 4.55. The molecule has 90 valence electrons. The molecule has 0 unspecified atom stereocenters. The fourth-order valence-corrected chi connectivity index (χ4v) is 2.40. The van der Waals surface area contributed by atoms with E-state index in [1.165, 1.54) is 6.07 Å². The van der Waals surface area contributed by atoms with Crippen molar-refractivity contribution in [3.05, 3.63) is 53.6 Å². The summed E-state index contributed by atoms with van der Waals surface area (Å²) in [6.45, 7) is 0.588. The van der Waals surface area contributed by atoms with Crippen LogP contribution in [-0.2, 0) is 6.54 Å². The molecule has 0 saturated heterocycles. The fraction of sp³-hybridized carbons (Fsp3) is 0.133. The Balaban J connectivity index is 2.33. The van der Waals surface area contributed by atoms with Crippen LogP contribution < -0.4 is 0 Å². The van der Waals surface area contributed by atoms with Gasteiger partial charge in [0, 0.05) is 13.6 Å². The Hall–Kier alpha value is -2.29. The predicted octanol–water partition coefficient (Wildman–Crippen LogP) is 2.64. The number of carbonyl (C=O) groups is 1. The first-order valence-corrected chi connectivity index (χ1v) is 5.83. The normalized spacial score (nSPS) is 13.8. The number of aromatic hydroxyl groups is 1. The first-order valence-electron chi connectivity index (χ1n) is 5.83. The standard InChI is InChI=1S/C15H13NO2/c1-16-9-10-4-2-3-5-12(10)13-7-6-11(17)8-14(13)15(16)18/h2-8,17H,9H2,1H3. The molecular weight excluding hydrogens is 226 g/mol. The summed E-state index contributed by atoms with van der Waals surface area (Å²) in [6.07, 6.45) is 0. The highest BCUT2D eigenvalue weighted by molar-refractivity contribution is 6.02. The van der Waals surface area contributed by atoms with Gasteiger partial charge in [-0.2, -0.15) is 0 Å². The summed E-state index contributed by atoms with van der Waals surface area (Å²) in [4.78, 5) is 13.9. The van der Waals surface area contributed by atoms with Crippen molar-refractivity contribution in [2.45, 2.75) is 6.54 Å². The zero-order valence-electron chi connectivity index (χ0n) is 10.1. The minimum atomic E-state index is -0.0582. The molecular formula is C15H13NO2. The molecule has 1 amide bonds. The molecule has 0 fully saturated rings. The highest BCUT2D eigenvalue weighted by Crippen LogP contribution is 2.33. The van der Waals surface area contributed by atoms with Gasteiger partial charge >= 0.3 is 0 Å². The van der Waals surface area contributed by atoms with Gasteiger partial charge < -0.3 is 10.0 Å². The van der Waals surface area contributed by atoms with Gasteiger partial charge in [0.1, 0.15) is 5.75 Å². The van der Waals surface area contributed by atoms with Crippen LogP contribution in [0.1, 0.15) is 15.9 Å². The fourth-order valence-electron chi connectivity index (χ4n) is 2.40. The maximum Gasteiger partial charge on any atom is 0.254 e. The van der Waals surface area contributed by atoms with E-state index in [1.54, 1.807) is 24.1 Å². The molecule has 0 bridgehead atoms. The number of nitrogens with zero attached hydrogens (tertiary/aromatic N) is 1. The number of phenolic OH excluding ortho intramolecular Hbond substituents is 1. The Labute approximate surface area is 105 Å². The van der Waals surface area contributed by atoms with E-state index >= 15 is 0 Å². The molecule has 0 aromatic heterocycles. The predicted molar refractivity (Wildman–Crippen MR) is 69.3 cm³/mol. The van der Waals surface area contributed by atoms with Crippen LogP contribution in [0.5, 0.6) is 5.75 Å². The summed E-state index contributed by atoms with van der Waals surface area (Å²) in [5.41, 5.74) is 3.63. The molecule has 0 radical (unpaired) electrons. The molecule has 2 aromatic rings. The van der Waals surface area contributed by atoms with Crippen LogP contribution in [0, 0.1) is 0 Å². The van der Waals surface area contributed by atoms with E-state index in [9.17, 15) is 9.90 Å². The second kappa shape index (κ2) is 3.88. The van der Waals surface area contributed by atoms with Crippen LogP contribution in [0.4, 0.5) is 0 Å². The van der Waals surface area contributed by atoms with E-state index < -0.39 is 0 Å². The van der Waals surface area contributed by atoms with Gasteiger partial charge in [-0.15, -0.1) is 0 Å². The lowest BCUT2D eigenvalue weighted by molar-refractivity contribution is 0.0788. The Morgan fingerprint density at radius 1 is 1.06 bits per heavy atom. The lowest BCUT2D eigenvalue weighted by atomic mass is 9.96. The first kappa shape index (κ1) is 10.8. The monoisotopic (exact) mass is 239 g/mol. The van der Waals surface area contributed by atoms with Gasteiger partial charge in [0.15, 0.2) is 0 Å². The lowest BCUT2D eigenvalue weighted by Crippen LogP contribution is -2.24. The Bertz CT molecular complexity index is 634. The summed E-state index contributed by atoms with van der Waals surface area (Å²) in [6, 6.07) is 12.9. The van der Waals surface area contributed by atoms with Crippen molar-refractivity contribution in [3.63, 3.8) is 0 Å². The van der Waals surface area contributed by atoms with Crippen LogP contribution in [0.25, 0.3) is 11.1 Å². The van der Waals surface area contributed by atoms with Crippen molar-refractivity contribution < 1.29 is 9.90 Å². The smallest absolute Gasteiger partial charge is 0.254 e. The van der Waals surface area contributed by atoms with Gasteiger partial charge in [-0.05, 0) is 34.9 Å². The zero-order valence-corrected chi connectivity index (χ0v) is 10.1. The summed E-state index contributed by atoms with van der Waals surface area (Å²) in [5.74, 6) is 0.0620. The number of phenols is 1. The van der Waals surface area contributed by atoms with Gasteiger partial charge in [-0.3, -0.25) is 4.79 Å². The molecule has 3 nitrogen and oxygen atoms in total. The van der Waals surface area contributed by atoms with Crippen molar-refractivity contribution in [1.82, 2.24) is 4.90 Å². The van der Waals surface area contributed by atoms with Crippen LogP contribution in [0.15, 0.2) is 42.5 Å². The van der Waals surface area contributed by atoms with Gasteiger partial charge in [-0.1, -0.05) is 24.3 Å².